The van der Waals surface area contributed by atoms with Crippen molar-refractivity contribution in [2.75, 3.05) is 7.11 Å². The van der Waals surface area contributed by atoms with Crippen LogP contribution in [0.3, 0.4) is 0 Å². The number of rotatable bonds is 2. The Morgan fingerprint density at radius 3 is 2.67 bits per heavy atom. The number of aromatic nitrogens is 2. The van der Waals surface area contributed by atoms with Gasteiger partial charge in [0.05, 0.1) is 12.8 Å². The second-order valence-corrected chi connectivity index (χ2v) is 3.79. The largest absolute Gasteiger partial charge is 0.479 e. The van der Waals surface area contributed by atoms with Gasteiger partial charge in [0.1, 0.15) is 0 Å². The minimum absolute atomic E-state index is 0.341. The first-order valence-corrected chi connectivity index (χ1v) is 4.94. The predicted octanol–water partition coefficient (Wildman–Crippen LogP) is 2.66. The molecule has 0 saturated heterocycles. The maximum absolute atomic E-state index is 5.47. The van der Waals surface area contributed by atoms with Crippen molar-refractivity contribution in [1.29, 1.82) is 0 Å². The van der Waals surface area contributed by atoms with Gasteiger partial charge < -0.3 is 9.15 Å². The second kappa shape index (κ2) is 3.53. The molecule has 2 aromatic rings. The van der Waals surface area contributed by atoms with E-state index >= 15 is 0 Å². The molecule has 0 saturated carbocycles. The highest BCUT2D eigenvalue weighted by molar-refractivity contribution is 5.78. The summed E-state index contributed by atoms with van der Waals surface area (Å²) in [6.07, 6.45) is 0. The van der Waals surface area contributed by atoms with Crippen molar-refractivity contribution in [3.05, 3.63) is 17.7 Å². The summed E-state index contributed by atoms with van der Waals surface area (Å²) in [6, 6.07) is 1.92. The van der Waals surface area contributed by atoms with Gasteiger partial charge in [-0.25, -0.2) is 9.97 Å². The Morgan fingerprint density at radius 2 is 2.07 bits per heavy atom. The number of nitrogens with zero attached hydrogens (tertiary/aromatic N) is 2. The van der Waals surface area contributed by atoms with Gasteiger partial charge in [-0.05, 0) is 5.92 Å². The third-order valence-electron chi connectivity index (χ3n) is 2.26. The van der Waals surface area contributed by atoms with Crippen LogP contribution in [0.2, 0.25) is 0 Å². The van der Waals surface area contributed by atoms with Crippen LogP contribution >= 0.6 is 0 Å². The molecule has 0 radical (unpaired) electrons. The lowest BCUT2D eigenvalue weighted by molar-refractivity contribution is 0.400. The van der Waals surface area contributed by atoms with Gasteiger partial charge in [0.25, 0.3) is 0 Å². The molecule has 2 aromatic heterocycles. The first kappa shape index (κ1) is 9.96. The maximum atomic E-state index is 5.47. The summed E-state index contributed by atoms with van der Waals surface area (Å²) >= 11 is 0. The summed E-state index contributed by atoms with van der Waals surface area (Å²) in [5.41, 5.74) is 2.39. The molecule has 0 spiro atoms. The number of ether oxygens (including phenoxy) is 1. The molecule has 0 aliphatic carbocycles. The molecule has 4 heteroatoms. The molecule has 0 aliphatic heterocycles. The van der Waals surface area contributed by atoms with Gasteiger partial charge in [-0.15, -0.1) is 0 Å². The summed E-state index contributed by atoms with van der Waals surface area (Å²) in [4.78, 5) is 8.62. The Bertz CT molecular complexity index is 489. The number of methoxy groups -OCH3 is 1. The van der Waals surface area contributed by atoms with Crippen molar-refractivity contribution in [2.45, 2.75) is 26.7 Å². The van der Waals surface area contributed by atoms with E-state index in [2.05, 4.69) is 23.8 Å². The van der Waals surface area contributed by atoms with Gasteiger partial charge in [-0.2, -0.15) is 0 Å². The zero-order valence-corrected chi connectivity index (χ0v) is 9.37. The summed E-state index contributed by atoms with van der Waals surface area (Å²) in [7, 11) is 1.59. The maximum Gasteiger partial charge on any atom is 0.243 e. The normalized spacial score (nSPS) is 11.3. The summed E-state index contributed by atoms with van der Waals surface area (Å²) < 4.78 is 10.7. The van der Waals surface area contributed by atoms with E-state index in [9.17, 15) is 0 Å². The highest BCUT2D eigenvalue weighted by atomic mass is 16.5. The molecule has 15 heavy (non-hydrogen) atoms. The molecule has 0 N–H and O–H groups in total. The number of fused-ring (bicyclic) bond motifs is 1. The van der Waals surface area contributed by atoms with Crippen LogP contribution in [0, 0.1) is 6.92 Å². The quantitative estimate of drug-likeness (QED) is 0.757. The molecule has 0 unspecified atom stereocenters. The Balaban J connectivity index is 2.70. The minimum atomic E-state index is 0.341. The van der Waals surface area contributed by atoms with Crippen molar-refractivity contribution < 1.29 is 9.15 Å². The van der Waals surface area contributed by atoms with E-state index in [1.54, 1.807) is 7.11 Å². The lowest BCUT2D eigenvalue weighted by Gasteiger charge is -2.06. The summed E-state index contributed by atoms with van der Waals surface area (Å²) in [5.74, 6) is 1.51. The van der Waals surface area contributed by atoms with Crippen LogP contribution in [-0.2, 0) is 0 Å². The van der Waals surface area contributed by atoms with Gasteiger partial charge >= 0.3 is 0 Å². The third kappa shape index (κ3) is 1.67. The minimum Gasteiger partial charge on any atom is -0.479 e. The fraction of sp³-hybridized carbons (Fsp3) is 0.455. The number of hydrogen-bond acceptors (Lipinski definition) is 4. The molecule has 0 bridgehead atoms. The topological polar surface area (TPSA) is 48.2 Å². The first-order valence-electron chi connectivity index (χ1n) is 4.94. The number of pyridine rings is 1. The van der Waals surface area contributed by atoms with Gasteiger partial charge in [0.2, 0.25) is 5.88 Å². The Morgan fingerprint density at radius 1 is 1.33 bits per heavy atom. The Labute approximate surface area is 88.3 Å². The van der Waals surface area contributed by atoms with Crippen LogP contribution in [0.15, 0.2) is 10.5 Å². The van der Waals surface area contributed by atoms with E-state index in [1.807, 2.05) is 13.0 Å². The molecular weight excluding hydrogens is 192 g/mol. The van der Waals surface area contributed by atoms with Gasteiger partial charge in [-0.1, -0.05) is 13.8 Å². The SMILES string of the molecule is COc1nc(C(C)C)cc2oc(C)nc12. The van der Waals surface area contributed by atoms with Crippen molar-refractivity contribution >= 4 is 11.1 Å². The number of oxazole rings is 1. The second-order valence-electron chi connectivity index (χ2n) is 3.79. The molecule has 0 amide bonds. The van der Waals surface area contributed by atoms with Crippen LogP contribution in [0.25, 0.3) is 11.1 Å². The van der Waals surface area contributed by atoms with E-state index in [1.165, 1.54) is 0 Å². The van der Waals surface area contributed by atoms with Crippen LogP contribution in [-0.4, -0.2) is 17.1 Å². The van der Waals surface area contributed by atoms with E-state index in [4.69, 9.17) is 9.15 Å². The zero-order valence-electron chi connectivity index (χ0n) is 9.37. The Kier molecular flexibility index (Phi) is 2.34. The molecule has 4 nitrogen and oxygen atoms in total. The van der Waals surface area contributed by atoms with E-state index < -0.39 is 0 Å². The van der Waals surface area contributed by atoms with Crippen molar-refractivity contribution in [3.63, 3.8) is 0 Å². The monoisotopic (exact) mass is 206 g/mol. The van der Waals surface area contributed by atoms with Crippen molar-refractivity contribution in [2.24, 2.45) is 0 Å². The van der Waals surface area contributed by atoms with Crippen molar-refractivity contribution in [1.82, 2.24) is 9.97 Å². The summed E-state index contributed by atoms with van der Waals surface area (Å²) in [5, 5.41) is 0. The fourth-order valence-corrected chi connectivity index (χ4v) is 1.47. The zero-order chi connectivity index (χ0) is 11.0. The average molecular weight is 206 g/mol. The van der Waals surface area contributed by atoms with Gasteiger partial charge in [-0.3, -0.25) is 0 Å². The fourth-order valence-electron chi connectivity index (χ4n) is 1.47. The van der Waals surface area contributed by atoms with Crippen LogP contribution < -0.4 is 4.74 Å². The molecule has 0 aromatic carbocycles. The lowest BCUT2D eigenvalue weighted by atomic mass is 10.1. The number of aryl methyl sites for hydroxylation is 1. The lowest BCUT2D eigenvalue weighted by Crippen LogP contribution is -1.96. The smallest absolute Gasteiger partial charge is 0.243 e. The molecule has 0 atom stereocenters. The Hall–Kier alpha value is -1.58. The average Bonchev–Trinajstić information content (AvgIpc) is 2.56. The standard InChI is InChI=1S/C11H14N2O2/c1-6(2)8-5-9-10(11(13-8)14-4)12-7(3)15-9/h5-6H,1-4H3. The molecule has 80 valence electrons. The van der Waals surface area contributed by atoms with Crippen LogP contribution in [0.5, 0.6) is 5.88 Å². The summed E-state index contributed by atoms with van der Waals surface area (Å²) in [6.45, 7) is 5.97. The van der Waals surface area contributed by atoms with E-state index in [-0.39, 0.29) is 0 Å². The molecule has 2 heterocycles. The number of hydrogen-bond donors (Lipinski definition) is 0. The van der Waals surface area contributed by atoms with Crippen molar-refractivity contribution in [3.8, 4) is 5.88 Å². The third-order valence-corrected chi connectivity index (χ3v) is 2.26. The molecule has 0 fully saturated rings. The van der Waals surface area contributed by atoms with E-state index in [0.717, 1.165) is 11.3 Å². The van der Waals surface area contributed by atoms with Gasteiger partial charge in [0, 0.05) is 13.0 Å². The molecule has 0 aliphatic rings. The molecular formula is C11H14N2O2. The van der Waals surface area contributed by atoms with E-state index in [0.29, 0.717) is 23.2 Å². The molecule has 2 rings (SSSR count). The van der Waals surface area contributed by atoms with Crippen LogP contribution in [0.4, 0.5) is 0 Å². The van der Waals surface area contributed by atoms with Crippen LogP contribution in [0.1, 0.15) is 31.4 Å². The van der Waals surface area contributed by atoms with Gasteiger partial charge in [0.15, 0.2) is 17.0 Å². The highest BCUT2D eigenvalue weighted by Gasteiger charge is 2.13. The highest BCUT2D eigenvalue weighted by Crippen LogP contribution is 2.27. The predicted molar refractivity (Wildman–Crippen MR) is 57.2 cm³/mol. The first-order chi connectivity index (χ1) is 7.11.